The number of rotatable bonds is 10. The van der Waals surface area contributed by atoms with Crippen LogP contribution in [0.2, 0.25) is 0 Å². The van der Waals surface area contributed by atoms with Crippen LogP contribution in [0.3, 0.4) is 0 Å². The quantitative estimate of drug-likeness (QED) is 0.225. The number of hydrogen-bond acceptors (Lipinski definition) is 8. The van der Waals surface area contributed by atoms with E-state index in [0.29, 0.717) is 55.6 Å². The summed E-state index contributed by atoms with van der Waals surface area (Å²) in [6.07, 6.45) is 1.40. The van der Waals surface area contributed by atoms with Crippen LogP contribution in [0.15, 0.2) is 87.8 Å². The van der Waals surface area contributed by atoms with Gasteiger partial charge in [-0.05, 0) is 75.2 Å². The Balaban J connectivity index is 1.54. The number of nitrogens with zero attached hydrogens (tertiary/aromatic N) is 2. The smallest absolute Gasteiger partial charge is 0.338 e. The summed E-state index contributed by atoms with van der Waals surface area (Å²) in [5.41, 5.74) is 2.34. The Hall–Kier alpha value is -4.70. The van der Waals surface area contributed by atoms with E-state index in [0.717, 1.165) is 5.56 Å². The fraction of sp³-hybridized carbons (Fsp3) is 0.265. The van der Waals surface area contributed by atoms with Crippen molar-refractivity contribution in [3.63, 3.8) is 0 Å². The third-order valence-corrected chi connectivity index (χ3v) is 7.90. The van der Waals surface area contributed by atoms with Crippen LogP contribution < -0.4 is 29.1 Å². The predicted octanol–water partition coefficient (Wildman–Crippen LogP) is 5.31. The number of carbonyl (C=O) groups excluding carboxylic acids is 1. The van der Waals surface area contributed by atoms with Crippen molar-refractivity contribution in [3.05, 3.63) is 120 Å². The number of fused-ring (bicyclic) bond motifs is 1. The number of carbonyl (C=O) groups is 1. The first-order valence-corrected chi connectivity index (χ1v) is 15.0. The summed E-state index contributed by atoms with van der Waals surface area (Å²) < 4.78 is 38.6. The summed E-state index contributed by atoms with van der Waals surface area (Å²) in [7, 11) is 1.51. The third kappa shape index (κ3) is 6.45. The molecule has 5 rings (SSSR count). The van der Waals surface area contributed by atoms with Gasteiger partial charge in [-0.2, -0.15) is 0 Å². The molecule has 228 valence electrons. The summed E-state index contributed by atoms with van der Waals surface area (Å²) in [6, 6.07) is 18.3. The number of benzene rings is 3. The Bertz CT molecular complexity index is 1890. The number of thiazole rings is 1. The van der Waals surface area contributed by atoms with E-state index >= 15 is 0 Å². The van der Waals surface area contributed by atoms with Crippen molar-refractivity contribution in [1.29, 1.82) is 0 Å². The van der Waals surface area contributed by atoms with Gasteiger partial charge in [0.2, 0.25) is 0 Å². The van der Waals surface area contributed by atoms with E-state index in [1.165, 1.54) is 24.5 Å². The normalized spacial score (nSPS) is 14.7. The van der Waals surface area contributed by atoms with Gasteiger partial charge in [0.1, 0.15) is 18.2 Å². The van der Waals surface area contributed by atoms with E-state index in [2.05, 4.69) is 4.99 Å². The molecule has 44 heavy (non-hydrogen) atoms. The Morgan fingerprint density at radius 2 is 1.82 bits per heavy atom. The van der Waals surface area contributed by atoms with Crippen LogP contribution in [0.4, 0.5) is 4.39 Å². The fourth-order valence-electron chi connectivity index (χ4n) is 4.90. The molecule has 1 aliphatic heterocycles. The highest BCUT2D eigenvalue weighted by atomic mass is 32.1. The minimum Gasteiger partial charge on any atom is -0.494 e. The van der Waals surface area contributed by atoms with Crippen molar-refractivity contribution in [2.75, 3.05) is 13.7 Å². The van der Waals surface area contributed by atoms with Gasteiger partial charge in [-0.15, -0.1) is 0 Å². The topological polar surface area (TPSA) is 88.4 Å². The van der Waals surface area contributed by atoms with Gasteiger partial charge in [0, 0.05) is 5.56 Å². The lowest BCUT2D eigenvalue weighted by molar-refractivity contribution is -0.143. The summed E-state index contributed by atoms with van der Waals surface area (Å²) in [5.74, 6) is 0.687. The molecule has 1 aromatic heterocycles. The van der Waals surface area contributed by atoms with Gasteiger partial charge in [-0.1, -0.05) is 47.7 Å². The maximum absolute atomic E-state index is 14.1. The standard InChI is InChI=1S/C34H33FN2O6S/c1-6-41-25-14-12-23(13-15-25)31-30(33(39)43-20(2)3)21(4)36-34-37(31)32(38)29(44-34)18-22-11-16-27(28(17-22)40-5)42-19-24-9-7-8-10-26(24)35/h7-18,20,31H,6,19H2,1-5H3/b29-18+/t31-/m1/s1. The maximum Gasteiger partial charge on any atom is 0.338 e. The van der Waals surface area contributed by atoms with E-state index in [1.54, 1.807) is 67.8 Å². The summed E-state index contributed by atoms with van der Waals surface area (Å²) in [6.45, 7) is 7.76. The van der Waals surface area contributed by atoms with Crippen LogP contribution in [0, 0.1) is 5.82 Å². The van der Waals surface area contributed by atoms with Gasteiger partial charge in [0.25, 0.3) is 5.56 Å². The number of halogens is 1. The van der Waals surface area contributed by atoms with E-state index in [1.807, 2.05) is 31.2 Å². The second-order valence-electron chi connectivity index (χ2n) is 10.3. The molecule has 0 saturated carbocycles. The minimum absolute atomic E-state index is 0.0352. The monoisotopic (exact) mass is 616 g/mol. The number of aromatic nitrogens is 1. The number of hydrogen-bond donors (Lipinski definition) is 0. The molecule has 1 atom stereocenters. The molecule has 0 bridgehead atoms. The van der Waals surface area contributed by atoms with Gasteiger partial charge in [0.15, 0.2) is 16.3 Å². The molecule has 1 aliphatic rings. The van der Waals surface area contributed by atoms with Gasteiger partial charge < -0.3 is 18.9 Å². The number of esters is 1. The Labute approximate surface area is 258 Å². The minimum atomic E-state index is -0.737. The Morgan fingerprint density at radius 1 is 1.07 bits per heavy atom. The molecule has 0 fully saturated rings. The van der Waals surface area contributed by atoms with Gasteiger partial charge in [-0.25, -0.2) is 14.2 Å². The van der Waals surface area contributed by atoms with Crippen molar-refractivity contribution in [2.24, 2.45) is 4.99 Å². The molecular formula is C34H33FN2O6S. The van der Waals surface area contributed by atoms with Crippen molar-refractivity contribution >= 4 is 23.4 Å². The molecule has 0 amide bonds. The molecule has 0 radical (unpaired) electrons. The average Bonchev–Trinajstić information content (AvgIpc) is 3.30. The number of ether oxygens (including phenoxy) is 4. The SMILES string of the molecule is CCOc1ccc([C@@H]2C(C(=O)OC(C)C)=C(C)N=c3s/c(=C/c4ccc(OCc5ccccc5F)c(OC)c4)c(=O)n32)cc1. The molecule has 8 nitrogen and oxygen atoms in total. The second-order valence-corrected chi connectivity index (χ2v) is 11.3. The molecule has 0 unspecified atom stereocenters. The van der Waals surface area contributed by atoms with Gasteiger partial charge >= 0.3 is 5.97 Å². The van der Waals surface area contributed by atoms with Crippen molar-refractivity contribution < 1.29 is 28.1 Å². The van der Waals surface area contributed by atoms with E-state index in [4.69, 9.17) is 18.9 Å². The lowest BCUT2D eigenvalue weighted by atomic mass is 9.96. The molecule has 4 aromatic rings. The van der Waals surface area contributed by atoms with Crippen LogP contribution in [0.5, 0.6) is 17.2 Å². The van der Waals surface area contributed by atoms with E-state index in [-0.39, 0.29) is 24.1 Å². The average molecular weight is 617 g/mol. The van der Waals surface area contributed by atoms with Crippen molar-refractivity contribution in [1.82, 2.24) is 4.57 Å². The largest absolute Gasteiger partial charge is 0.494 e. The van der Waals surface area contributed by atoms with Crippen LogP contribution in [0.25, 0.3) is 6.08 Å². The van der Waals surface area contributed by atoms with Gasteiger partial charge in [0.05, 0.1) is 41.7 Å². The Kier molecular flexibility index (Phi) is 9.29. The molecule has 0 spiro atoms. The molecule has 0 saturated heterocycles. The lowest BCUT2D eigenvalue weighted by Gasteiger charge is -2.25. The summed E-state index contributed by atoms with van der Waals surface area (Å²) in [4.78, 5) is 32.4. The van der Waals surface area contributed by atoms with Crippen molar-refractivity contribution in [2.45, 2.75) is 46.4 Å². The predicted molar refractivity (Wildman–Crippen MR) is 166 cm³/mol. The van der Waals surface area contributed by atoms with Crippen LogP contribution in [-0.2, 0) is 16.1 Å². The fourth-order valence-corrected chi connectivity index (χ4v) is 5.95. The zero-order valence-corrected chi connectivity index (χ0v) is 25.9. The third-order valence-electron chi connectivity index (χ3n) is 6.92. The highest BCUT2D eigenvalue weighted by Crippen LogP contribution is 2.32. The van der Waals surface area contributed by atoms with Crippen LogP contribution in [-0.4, -0.2) is 30.4 Å². The van der Waals surface area contributed by atoms with Gasteiger partial charge in [-0.3, -0.25) is 9.36 Å². The summed E-state index contributed by atoms with van der Waals surface area (Å²) in [5, 5.41) is 0. The van der Waals surface area contributed by atoms with E-state index in [9.17, 15) is 14.0 Å². The number of allylic oxidation sites excluding steroid dienone is 1. The molecule has 0 aliphatic carbocycles. The molecule has 0 N–H and O–H groups in total. The first-order valence-electron chi connectivity index (χ1n) is 14.2. The van der Waals surface area contributed by atoms with E-state index < -0.39 is 12.0 Å². The van der Waals surface area contributed by atoms with Crippen molar-refractivity contribution in [3.8, 4) is 17.2 Å². The first-order chi connectivity index (χ1) is 21.2. The molecular weight excluding hydrogens is 583 g/mol. The number of methoxy groups -OCH3 is 1. The Morgan fingerprint density at radius 3 is 2.50 bits per heavy atom. The highest BCUT2D eigenvalue weighted by molar-refractivity contribution is 7.07. The first kappa shape index (κ1) is 30.7. The second kappa shape index (κ2) is 13.3. The zero-order valence-electron chi connectivity index (χ0n) is 25.1. The van der Waals surface area contributed by atoms with Crippen LogP contribution in [0.1, 0.15) is 50.4 Å². The maximum atomic E-state index is 14.1. The molecule has 10 heteroatoms. The summed E-state index contributed by atoms with van der Waals surface area (Å²) >= 11 is 1.23. The molecule has 2 heterocycles. The molecule has 3 aromatic carbocycles. The van der Waals surface area contributed by atoms with Crippen LogP contribution >= 0.6 is 11.3 Å². The zero-order chi connectivity index (χ0) is 31.4. The lowest BCUT2D eigenvalue weighted by Crippen LogP contribution is -2.40. The highest BCUT2D eigenvalue weighted by Gasteiger charge is 2.33.